The van der Waals surface area contributed by atoms with Gasteiger partial charge in [-0.3, -0.25) is 19.7 Å². The highest BCUT2D eigenvalue weighted by Crippen LogP contribution is 2.14. The summed E-state index contributed by atoms with van der Waals surface area (Å²) in [5.74, 6) is -0.911. The third-order valence-corrected chi connectivity index (χ3v) is 4.10. The summed E-state index contributed by atoms with van der Waals surface area (Å²) in [6.07, 6.45) is 3.24. The summed E-state index contributed by atoms with van der Waals surface area (Å²) >= 11 is 0. The lowest BCUT2D eigenvalue weighted by Gasteiger charge is -2.14. The smallest absolute Gasteiger partial charge is 0.270 e. The van der Waals surface area contributed by atoms with Crippen LogP contribution in [0.25, 0.3) is 0 Å². The standard InChI is InChI=1S/C20H23N3O4/c1-3-4-6-15-9-11-17(12-10-15)22-19(24)14(2)21-20(25)16-7-5-8-18(13-16)23(26)27/h5,7-14H,3-4,6H2,1-2H3,(H,21,25)(H,22,24). The molecule has 1 unspecified atom stereocenters. The van der Waals surface area contributed by atoms with E-state index in [-0.39, 0.29) is 17.2 Å². The highest BCUT2D eigenvalue weighted by Gasteiger charge is 2.18. The molecule has 0 saturated heterocycles. The highest BCUT2D eigenvalue weighted by atomic mass is 16.6. The Hall–Kier alpha value is -3.22. The molecule has 0 radical (unpaired) electrons. The molecule has 0 bridgehead atoms. The average molecular weight is 369 g/mol. The van der Waals surface area contributed by atoms with Crippen molar-refractivity contribution in [1.82, 2.24) is 5.32 Å². The Labute approximate surface area is 157 Å². The van der Waals surface area contributed by atoms with Crippen molar-refractivity contribution in [3.05, 3.63) is 69.8 Å². The predicted octanol–water partition coefficient (Wildman–Crippen LogP) is 3.69. The maximum atomic E-state index is 12.3. The molecular formula is C20H23N3O4. The molecule has 0 aliphatic carbocycles. The minimum absolute atomic E-state index is 0.129. The molecule has 1 atom stereocenters. The molecule has 0 aliphatic rings. The first-order valence-corrected chi connectivity index (χ1v) is 8.86. The zero-order valence-corrected chi connectivity index (χ0v) is 15.4. The Morgan fingerprint density at radius 3 is 2.48 bits per heavy atom. The maximum Gasteiger partial charge on any atom is 0.270 e. The van der Waals surface area contributed by atoms with Crippen LogP contribution in [0, 0.1) is 10.1 Å². The van der Waals surface area contributed by atoms with Gasteiger partial charge in [-0.1, -0.05) is 31.5 Å². The van der Waals surface area contributed by atoms with Gasteiger partial charge in [-0.25, -0.2) is 0 Å². The number of nitro groups is 1. The van der Waals surface area contributed by atoms with Crippen LogP contribution in [0.2, 0.25) is 0 Å². The molecule has 2 aromatic carbocycles. The number of anilines is 1. The molecule has 2 N–H and O–H groups in total. The number of unbranched alkanes of at least 4 members (excludes halogenated alkanes) is 1. The van der Waals surface area contributed by atoms with Gasteiger partial charge >= 0.3 is 0 Å². The lowest BCUT2D eigenvalue weighted by molar-refractivity contribution is -0.384. The predicted molar refractivity (Wildman–Crippen MR) is 104 cm³/mol. The summed E-state index contributed by atoms with van der Waals surface area (Å²) < 4.78 is 0. The SMILES string of the molecule is CCCCc1ccc(NC(=O)C(C)NC(=O)c2cccc([N+](=O)[O-])c2)cc1. The van der Waals surface area contributed by atoms with Crippen molar-refractivity contribution >= 4 is 23.2 Å². The van der Waals surface area contributed by atoms with E-state index in [0.717, 1.165) is 19.3 Å². The zero-order valence-electron chi connectivity index (χ0n) is 15.4. The zero-order chi connectivity index (χ0) is 19.8. The molecule has 7 heteroatoms. The van der Waals surface area contributed by atoms with Crippen molar-refractivity contribution < 1.29 is 14.5 Å². The first-order valence-electron chi connectivity index (χ1n) is 8.86. The number of non-ortho nitro benzene ring substituents is 1. The first-order chi connectivity index (χ1) is 12.9. The number of rotatable bonds is 8. The fraction of sp³-hybridized carbons (Fsp3) is 0.300. The number of amides is 2. The second kappa shape index (κ2) is 9.47. The van der Waals surface area contributed by atoms with Gasteiger partial charge in [0.15, 0.2) is 0 Å². The molecule has 0 fully saturated rings. The summed E-state index contributed by atoms with van der Waals surface area (Å²) in [7, 11) is 0. The molecule has 0 heterocycles. The van der Waals surface area contributed by atoms with Gasteiger partial charge in [-0.15, -0.1) is 0 Å². The fourth-order valence-electron chi connectivity index (χ4n) is 2.49. The van der Waals surface area contributed by atoms with Gasteiger partial charge in [-0.2, -0.15) is 0 Å². The summed E-state index contributed by atoms with van der Waals surface area (Å²) in [6.45, 7) is 3.69. The number of hydrogen-bond acceptors (Lipinski definition) is 4. The van der Waals surface area contributed by atoms with Gasteiger partial charge < -0.3 is 10.6 Å². The van der Waals surface area contributed by atoms with Crippen LogP contribution in [0.5, 0.6) is 0 Å². The van der Waals surface area contributed by atoms with Gasteiger partial charge in [-0.05, 0) is 43.5 Å². The van der Waals surface area contributed by atoms with E-state index in [1.54, 1.807) is 6.92 Å². The van der Waals surface area contributed by atoms with Crippen molar-refractivity contribution in [2.45, 2.75) is 39.2 Å². The van der Waals surface area contributed by atoms with Crippen LogP contribution in [-0.2, 0) is 11.2 Å². The number of carbonyl (C=O) groups excluding carboxylic acids is 2. The van der Waals surface area contributed by atoms with Crippen LogP contribution >= 0.6 is 0 Å². The molecule has 27 heavy (non-hydrogen) atoms. The third kappa shape index (κ3) is 5.91. The van der Waals surface area contributed by atoms with Gasteiger partial charge in [0.2, 0.25) is 5.91 Å². The monoisotopic (exact) mass is 369 g/mol. The van der Waals surface area contributed by atoms with Gasteiger partial charge in [0.25, 0.3) is 11.6 Å². The second-order valence-electron chi connectivity index (χ2n) is 6.29. The van der Waals surface area contributed by atoms with E-state index in [1.165, 1.54) is 29.8 Å². The summed E-state index contributed by atoms with van der Waals surface area (Å²) in [5, 5.41) is 16.1. The van der Waals surface area contributed by atoms with Crippen LogP contribution in [0.1, 0.15) is 42.6 Å². The molecule has 2 amide bonds. The minimum atomic E-state index is -0.795. The lowest BCUT2D eigenvalue weighted by atomic mass is 10.1. The number of carbonyl (C=O) groups is 2. The third-order valence-electron chi connectivity index (χ3n) is 4.10. The number of aryl methyl sites for hydroxylation is 1. The molecule has 0 spiro atoms. The van der Waals surface area contributed by atoms with Gasteiger partial charge in [0.05, 0.1) is 4.92 Å². The van der Waals surface area contributed by atoms with Crippen molar-refractivity contribution in [3.8, 4) is 0 Å². The minimum Gasteiger partial charge on any atom is -0.341 e. The van der Waals surface area contributed by atoms with Crippen molar-refractivity contribution in [3.63, 3.8) is 0 Å². The van der Waals surface area contributed by atoms with Crippen LogP contribution in [0.4, 0.5) is 11.4 Å². The number of nitrogens with zero attached hydrogens (tertiary/aromatic N) is 1. The number of nitro benzene ring substituents is 1. The Morgan fingerprint density at radius 1 is 1.15 bits per heavy atom. The Balaban J connectivity index is 1.94. The van der Waals surface area contributed by atoms with Gasteiger partial charge in [0.1, 0.15) is 6.04 Å². The van der Waals surface area contributed by atoms with Crippen molar-refractivity contribution in [1.29, 1.82) is 0 Å². The molecule has 142 valence electrons. The second-order valence-corrected chi connectivity index (χ2v) is 6.29. The molecule has 0 aromatic heterocycles. The van der Waals surface area contributed by atoms with E-state index in [4.69, 9.17) is 0 Å². The molecule has 0 saturated carbocycles. The largest absolute Gasteiger partial charge is 0.341 e. The van der Waals surface area contributed by atoms with E-state index in [9.17, 15) is 19.7 Å². The van der Waals surface area contributed by atoms with E-state index >= 15 is 0 Å². The Morgan fingerprint density at radius 2 is 1.85 bits per heavy atom. The van der Waals surface area contributed by atoms with Crippen LogP contribution in [0.15, 0.2) is 48.5 Å². The molecule has 2 aromatic rings. The number of nitrogens with one attached hydrogen (secondary N) is 2. The van der Waals surface area contributed by atoms with Crippen molar-refractivity contribution in [2.24, 2.45) is 0 Å². The van der Waals surface area contributed by atoms with E-state index in [1.807, 2.05) is 24.3 Å². The van der Waals surface area contributed by atoms with Crippen LogP contribution in [0.3, 0.4) is 0 Å². The van der Waals surface area contributed by atoms with E-state index in [2.05, 4.69) is 17.6 Å². The van der Waals surface area contributed by atoms with E-state index in [0.29, 0.717) is 5.69 Å². The normalized spacial score (nSPS) is 11.5. The molecular weight excluding hydrogens is 346 g/mol. The van der Waals surface area contributed by atoms with Crippen LogP contribution < -0.4 is 10.6 Å². The maximum absolute atomic E-state index is 12.3. The van der Waals surface area contributed by atoms with Crippen molar-refractivity contribution in [2.75, 3.05) is 5.32 Å². The molecule has 7 nitrogen and oxygen atoms in total. The Bertz CT molecular complexity index is 818. The first kappa shape index (κ1) is 20.1. The van der Waals surface area contributed by atoms with Crippen LogP contribution in [-0.4, -0.2) is 22.8 Å². The highest BCUT2D eigenvalue weighted by molar-refractivity contribution is 6.01. The lowest BCUT2D eigenvalue weighted by Crippen LogP contribution is -2.41. The fourth-order valence-corrected chi connectivity index (χ4v) is 2.49. The van der Waals surface area contributed by atoms with E-state index < -0.39 is 16.9 Å². The average Bonchev–Trinajstić information content (AvgIpc) is 2.67. The van der Waals surface area contributed by atoms with Gasteiger partial charge in [0, 0.05) is 23.4 Å². The molecule has 2 rings (SSSR count). The topological polar surface area (TPSA) is 101 Å². The number of hydrogen-bond donors (Lipinski definition) is 2. The number of benzene rings is 2. The Kier molecular flexibility index (Phi) is 7.05. The molecule has 0 aliphatic heterocycles. The quantitative estimate of drug-likeness (QED) is 0.547. The summed E-state index contributed by atoms with van der Waals surface area (Å²) in [4.78, 5) is 34.7. The summed E-state index contributed by atoms with van der Waals surface area (Å²) in [6, 6.07) is 12.2. The summed E-state index contributed by atoms with van der Waals surface area (Å²) in [5.41, 5.74) is 1.81.